The first-order valence-corrected chi connectivity index (χ1v) is 11.0. The first-order chi connectivity index (χ1) is 13.1. The molecule has 2 aromatic rings. The summed E-state index contributed by atoms with van der Waals surface area (Å²) in [7, 11) is -3.70. The fourth-order valence-electron chi connectivity index (χ4n) is 2.81. The number of carbonyl (C=O) groups excluding carboxylic acids is 1. The predicted molar refractivity (Wildman–Crippen MR) is 107 cm³/mol. The fraction of sp³-hybridized carbons (Fsp3) is 0.471. The number of carbonyl (C=O) groups is 1. The van der Waals surface area contributed by atoms with Crippen LogP contribution >= 0.6 is 11.5 Å². The number of sulfonamides is 1. The number of alkyl carbamates (subject to hydrolysis) is 1. The number of hydrogen-bond acceptors (Lipinski definition) is 8. The van der Waals surface area contributed by atoms with Crippen LogP contribution in [0.25, 0.3) is 0 Å². The maximum absolute atomic E-state index is 12.4. The van der Waals surface area contributed by atoms with Gasteiger partial charge in [0.05, 0.1) is 10.9 Å². The van der Waals surface area contributed by atoms with Crippen LogP contribution in [-0.4, -0.2) is 48.6 Å². The van der Waals surface area contributed by atoms with Gasteiger partial charge in [-0.2, -0.15) is 4.37 Å². The minimum absolute atomic E-state index is 0.0164. The van der Waals surface area contributed by atoms with Gasteiger partial charge >= 0.3 is 6.09 Å². The third kappa shape index (κ3) is 5.32. The van der Waals surface area contributed by atoms with Crippen LogP contribution < -0.4 is 14.9 Å². The van der Waals surface area contributed by atoms with Crippen LogP contribution in [0.5, 0.6) is 0 Å². The molecule has 1 aliphatic rings. The number of nitrogens with zero attached hydrogens (tertiary/aromatic N) is 3. The molecule has 1 amide bonds. The smallest absolute Gasteiger partial charge is 0.407 e. The minimum atomic E-state index is -3.70. The molecule has 0 saturated carbocycles. The van der Waals surface area contributed by atoms with Crippen molar-refractivity contribution in [1.29, 1.82) is 0 Å². The summed E-state index contributed by atoms with van der Waals surface area (Å²) in [5.74, 6) is 0. The van der Waals surface area contributed by atoms with Crippen molar-refractivity contribution in [2.24, 2.45) is 0 Å². The second kappa shape index (κ2) is 7.92. The van der Waals surface area contributed by atoms with Crippen LogP contribution in [0.2, 0.25) is 0 Å². The molecule has 0 spiro atoms. The molecular weight excluding hydrogens is 402 g/mol. The van der Waals surface area contributed by atoms with Gasteiger partial charge < -0.3 is 15.0 Å². The first-order valence-electron chi connectivity index (χ1n) is 8.76. The molecule has 11 heteroatoms. The summed E-state index contributed by atoms with van der Waals surface area (Å²) in [5, 5.41) is 3.10. The molecule has 0 bridgehead atoms. The number of ether oxygens (including phenoxy) is 1. The van der Waals surface area contributed by atoms with Crippen molar-refractivity contribution in [1.82, 2.24) is 14.7 Å². The Labute approximate surface area is 168 Å². The van der Waals surface area contributed by atoms with Gasteiger partial charge in [0, 0.05) is 30.3 Å². The van der Waals surface area contributed by atoms with Crippen LogP contribution in [0, 0.1) is 0 Å². The van der Waals surface area contributed by atoms with E-state index in [1.807, 2.05) is 20.8 Å². The predicted octanol–water partition coefficient (Wildman–Crippen LogP) is 2.44. The van der Waals surface area contributed by atoms with Gasteiger partial charge in [-0.25, -0.2) is 18.2 Å². The van der Waals surface area contributed by atoms with Gasteiger partial charge in [0.2, 0.25) is 5.13 Å². The van der Waals surface area contributed by atoms with Crippen molar-refractivity contribution in [2.45, 2.75) is 43.7 Å². The number of amides is 1. The number of anilines is 2. The van der Waals surface area contributed by atoms with Crippen molar-refractivity contribution in [3.63, 3.8) is 0 Å². The quantitative estimate of drug-likeness (QED) is 0.756. The Morgan fingerprint density at radius 1 is 1.29 bits per heavy atom. The van der Waals surface area contributed by atoms with Crippen molar-refractivity contribution in [2.75, 3.05) is 22.7 Å². The van der Waals surface area contributed by atoms with E-state index in [-0.39, 0.29) is 16.1 Å². The molecule has 2 N–H and O–H groups in total. The maximum Gasteiger partial charge on any atom is 0.407 e. The lowest BCUT2D eigenvalue weighted by molar-refractivity contribution is 0.0509. The molecule has 3 rings (SSSR count). The lowest BCUT2D eigenvalue weighted by Crippen LogP contribution is -2.40. The lowest BCUT2D eigenvalue weighted by Gasteiger charge is -2.22. The highest BCUT2D eigenvalue weighted by Crippen LogP contribution is 2.24. The van der Waals surface area contributed by atoms with Crippen molar-refractivity contribution < 1.29 is 17.9 Å². The molecule has 1 aliphatic heterocycles. The number of nitrogens with one attached hydrogen (secondary N) is 2. The topological polar surface area (TPSA) is 114 Å². The molecule has 2 heterocycles. The third-order valence-corrected chi connectivity index (χ3v) is 6.07. The number of aromatic nitrogens is 2. The van der Waals surface area contributed by atoms with E-state index in [0.29, 0.717) is 6.54 Å². The van der Waals surface area contributed by atoms with Crippen molar-refractivity contribution in [3.8, 4) is 0 Å². The Morgan fingerprint density at radius 3 is 2.61 bits per heavy atom. The van der Waals surface area contributed by atoms with Crippen LogP contribution in [0.1, 0.15) is 27.2 Å². The third-order valence-electron chi connectivity index (χ3n) is 4.00. The molecule has 9 nitrogen and oxygen atoms in total. The Hall–Kier alpha value is -2.40. The average molecular weight is 426 g/mol. The highest BCUT2D eigenvalue weighted by molar-refractivity contribution is 7.93. The molecule has 1 fully saturated rings. The average Bonchev–Trinajstić information content (AvgIpc) is 3.25. The largest absolute Gasteiger partial charge is 0.444 e. The second-order valence-electron chi connectivity index (χ2n) is 7.42. The number of rotatable bonds is 5. The van der Waals surface area contributed by atoms with Gasteiger partial charge in [0.15, 0.2) is 0 Å². The van der Waals surface area contributed by atoms with Gasteiger partial charge in [0.1, 0.15) is 11.9 Å². The molecule has 0 aliphatic carbocycles. The zero-order valence-corrected chi connectivity index (χ0v) is 17.5. The molecule has 1 saturated heterocycles. The van der Waals surface area contributed by atoms with Gasteiger partial charge in [-0.1, -0.05) is 0 Å². The molecule has 1 atom stereocenters. The van der Waals surface area contributed by atoms with E-state index >= 15 is 0 Å². The van der Waals surface area contributed by atoms with Crippen LogP contribution in [0.3, 0.4) is 0 Å². The molecule has 1 aromatic carbocycles. The Bertz CT molecular complexity index is 908. The number of benzene rings is 1. The highest BCUT2D eigenvalue weighted by Gasteiger charge is 2.26. The lowest BCUT2D eigenvalue weighted by atomic mass is 10.2. The second-order valence-corrected chi connectivity index (χ2v) is 9.89. The van der Waals surface area contributed by atoms with E-state index in [4.69, 9.17) is 4.74 Å². The van der Waals surface area contributed by atoms with Crippen molar-refractivity contribution in [3.05, 3.63) is 30.6 Å². The molecule has 0 radical (unpaired) electrons. The summed E-state index contributed by atoms with van der Waals surface area (Å²) in [5.41, 5.74) is 0.357. The summed E-state index contributed by atoms with van der Waals surface area (Å²) >= 11 is 0.972. The normalized spacial score (nSPS) is 17.4. The maximum atomic E-state index is 12.4. The minimum Gasteiger partial charge on any atom is -0.444 e. The van der Waals surface area contributed by atoms with Crippen LogP contribution in [0.4, 0.5) is 15.6 Å². The summed E-state index contributed by atoms with van der Waals surface area (Å²) < 4.78 is 36.2. The first kappa shape index (κ1) is 20.3. The van der Waals surface area contributed by atoms with E-state index in [9.17, 15) is 13.2 Å². The van der Waals surface area contributed by atoms with E-state index in [2.05, 4.69) is 24.3 Å². The standard InChI is InChI=1S/C17H23N5O4S2/c1-17(2,3)26-16(23)20-12-8-9-22(10-12)13-4-6-14(7-5-13)28(24,25)21-15-18-11-19-27-15/h4-7,11-12H,8-10H2,1-3H3,(H,20,23)(H,18,19,21)/t12-/m0/s1. The summed E-state index contributed by atoms with van der Waals surface area (Å²) in [6.07, 6.45) is 1.65. The van der Waals surface area contributed by atoms with E-state index in [1.54, 1.807) is 24.3 Å². The van der Waals surface area contributed by atoms with Gasteiger partial charge in [-0.3, -0.25) is 4.72 Å². The van der Waals surface area contributed by atoms with Crippen molar-refractivity contribution >= 4 is 38.5 Å². The Morgan fingerprint density at radius 2 is 2.00 bits per heavy atom. The van der Waals surface area contributed by atoms with E-state index < -0.39 is 21.7 Å². The van der Waals surface area contributed by atoms with E-state index in [0.717, 1.165) is 30.2 Å². The Balaban J connectivity index is 1.59. The zero-order chi connectivity index (χ0) is 20.4. The fourth-order valence-corrected chi connectivity index (χ4v) is 4.48. The van der Waals surface area contributed by atoms with Gasteiger partial charge in [-0.15, -0.1) is 0 Å². The highest BCUT2D eigenvalue weighted by atomic mass is 32.2. The summed E-state index contributed by atoms with van der Waals surface area (Å²) in [6, 6.07) is 6.59. The van der Waals surface area contributed by atoms with Crippen LogP contribution in [0.15, 0.2) is 35.5 Å². The van der Waals surface area contributed by atoms with Gasteiger partial charge in [0.25, 0.3) is 10.0 Å². The molecule has 28 heavy (non-hydrogen) atoms. The molecular formula is C17H23N5O4S2. The SMILES string of the molecule is CC(C)(C)OC(=O)N[C@H]1CCN(c2ccc(S(=O)(=O)Nc3ncns3)cc2)C1. The molecule has 152 valence electrons. The molecule has 1 aromatic heterocycles. The zero-order valence-electron chi connectivity index (χ0n) is 15.9. The van der Waals surface area contributed by atoms with Gasteiger partial charge in [-0.05, 0) is 51.5 Å². The van der Waals surface area contributed by atoms with E-state index in [1.165, 1.54) is 6.33 Å². The molecule has 0 unspecified atom stereocenters. The monoisotopic (exact) mass is 425 g/mol. The Kier molecular flexibility index (Phi) is 5.75. The summed E-state index contributed by atoms with van der Waals surface area (Å²) in [6.45, 7) is 6.86. The van der Waals surface area contributed by atoms with Crippen LogP contribution in [-0.2, 0) is 14.8 Å². The number of hydrogen-bond donors (Lipinski definition) is 2. The summed E-state index contributed by atoms with van der Waals surface area (Å²) in [4.78, 5) is 18.0.